The Labute approximate surface area is 174 Å². The number of benzene rings is 1. The highest BCUT2D eigenvalue weighted by Crippen LogP contribution is 2.33. The smallest absolute Gasteiger partial charge is 0.274 e. The summed E-state index contributed by atoms with van der Waals surface area (Å²) in [6.07, 6.45) is 1.51. The maximum absolute atomic E-state index is 13.2. The molecule has 0 bridgehead atoms. The fourth-order valence-corrected chi connectivity index (χ4v) is 3.98. The average molecular weight is 454 g/mol. The Morgan fingerprint density at radius 3 is 2.25 bits per heavy atom. The number of hydrogen-bond acceptors (Lipinski definition) is 5. The predicted molar refractivity (Wildman–Crippen MR) is 112 cm³/mol. The Morgan fingerprint density at radius 1 is 1.18 bits per heavy atom. The third-order valence-electron chi connectivity index (χ3n) is 5.49. The predicted octanol–water partition coefficient (Wildman–Crippen LogP) is 5.34. The number of ketones is 3. The largest absolute Gasteiger partial charge is 0.300 e. The molecule has 0 saturated carbocycles. The van der Waals surface area contributed by atoms with Crippen LogP contribution >= 0.6 is 15.9 Å². The van der Waals surface area contributed by atoms with E-state index in [0.717, 1.165) is 0 Å². The molecule has 7 heteroatoms. The molecule has 154 valence electrons. The lowest BCUT2D eigenvalue weighted by atomic mass is 9.75. The molecular weight excluding hydrogens is 426 g/mol. The summed E-state index contributed by atoms with van der Waals surface area (Å²) >= 11 is 3.25. The molecule has 1 aromatic rings. The third kappa shape index (κ3) is 5.80. The lowest BCUT2D eigenvalue weighted by Gasteiger charge is -2.27. The summed E-state index contributed by atoms with van der Waals surface area (Å²) in [5.74, 6) is -1.37. The molecule has 0 aliphatic carbocycles. The van der Waals surface area contributed by atoms with Gasteiger partial charge in [0.25, 0.3) is 5.69 Å². The molecule has 28 heavy (non-hydrogen) atoms. The van der Waals surface area contributed by atoms with Crippen molar-refractivity contribution < 1.29 is 19.3 Å². The molecular formula is C21H28BrNO5. The summed E-state index contributed by atoms with van der Waals surface area (Å²) in [6, 6.07) is 3.01. The highest BCUT2D eigenvalue weighted by Gasteiger charge is 2.33. The van der Waals surface area contributed by atoms with Crippen molar-refractivity contribution >= 4 is 39.0 Å². The third-order valence-corrected chi connectivity index (χ3v) is 5.95. The first-order valence-corrected chi connectivity index (χ1v) is 10.4. The highest BCUT2D eigenvalue weighted by molar-refractivity contribution is 9.10. The summed E-state index contributed by atoms with van der Waals surface area (Å²) in [5.41, 5.74) is 0.629. The molecule has 6 nitrogen and oxygen atoms in total. The van der Waals surface area contributed by atoms with Crippen molar-refractivity contribution in [2.75, 3.05) is 0 Å². The maximum atomic E-state index is 13.2. The molecule has 0 N–H and O–H groups in total. The minimum atomic E-state index is -0.509. The zero-order valence-corrected chi connectivity index (χ0v) is 18.7. The zero-order valence-electron chi connectivity index (χ0n) is 17.1. The van der Waals surface area contributed by atoms with Crippen molar-refractivity contribution in [2.24, 2.45) is 17.8 Å². The number of hydrogen-bond donors (Lipinski definition) is 0. The van der Waals surface area contributed by atoms with Crippen LogP contribution in [0.2, 0.25) is 0 Å². The molecule has 1 aromatic carbocycles. The second-order valence-corrected chi connectivity index (χ2v) is 8.14. The topological polar surface area (TPSA) is 94.3 Å². The minimum Gasteiger partial charge on any atom is -0.300 e. The van der Waals surface area contributed by atoms with E-state index in [9.17, 15) is 24.5 Å². The number of nitrogens with zero attached hydrogens (tertiary/aromatic N) is 1. The quantitative estimate of drug-likeness (QED) is 0.256. The molecule has 0 fully saturated rings. The molecule has 0 aromatic heterocycles. The van der Waals surface area contributed by atoms with Crippen LogP contribution in [0.15, 0.2) is 16.6 Å². The minimum absolute atomic E-state index is 0.0491. The lowest BCUT2D eigenvalue weighted by molar-refractivity contribution is -0.385. The Hall–Kier alpha value is -1.89. The number of Topliss-reactive ketones (excluding diaryl/α,β-unsaturated/α-hetero) is 3. The maximum Gasteiger partial charge on any atom is 0.274 e. The number of nitro groups is 1. The van der Waals surface area contributed by atoms with Gasteiger partial charge in [0.2, 0.25) is 0 Å². The number of nitro benzene ring substituents is 1. The molecule has 1 rings (SSSR count). The van der Waals surface area contributed by atoms with Crippen molar-refractivity contribution in [3.05, 3.63) is 37.8 Å². The van der Waals surface area contributed by atoms with Crippen molar-refractivity contribution in [2.45, 2.75) is 60.3 Å². The van der Waals surface area contributed by atoms with Crippen molar-refractivity contribution in [1.82, 2.24) is 0 Å². The molecule has 0 amide bonds. The van der Waals surface area contributed by atoms with Gasteiger partial charge < -0.3 is 0 Å². The molecule has 0 radical (unpaired) electrons. The average Bonchev–Trinajstić information content (AvgIpc) is 2.65. The van der Waals surface area contributed by atoms with Crippen LogP contribution in [-0.4, -0.2) is 22.3 Å². The number of rotatable bonds is 11. The first-order valence-electron chi connectivity index (χ1n) is 9.58. The van der Waals surface area contributed by atoms with Crippen LogP contribution in [-0.2, 0) is 16.0 Å². The van der Waals surface area contributed by atoms with Crippen LogP contribution in [0.4, 0.5) is 5.69 Å². The van der Waals surface area contributed by atoms with Gasteiger partial charge in [-0.15, -0.1) is 0 Å². The van der Waals surface area contributed by atoms with E-state index in [1.165, 1.54) is 13.0 Å². The fourth-order valence-electron chi connectivity index (χ4n) is 3.54. The van der Waals surface area contributed by atoms with Crippen LogP contribution in [0.5, 0.6) is 0 Å². The van der Waals surface area contributed by atoms with Gasteiger partial charge >= 0.3 is 0 Å². The Bertz CT molecular complexity index is 774. The van der Waals surface area contributed by atoms with Gasteiger partial charge in [-0.05, 0) is 31.7 Å². The molecule has 0 spiro atoms. The van der Waals surface area contributed by atoms with Crippen molar-refractivity contribution in [3.63, 3.8) is 0 Å². The summed E-state index contributed by atoms with van der Waals surface area (Å²) in [5, 5.41) is 11.4. The molecule has 0 aliphatic heterocycles. The lowest BCUT2D eigenvalue weighted by Crippen LogP contribution is -2.30. The van der Waals surface area contributed by atoms with Crippen molar-refractivity contribution in [3.8, 4) is 0 Å². The van der Waals surface area contributed by atoms with E-state index in [-0.39, 0.29) is 29.0 Å². The molecule has 3 atom stereocenters. The van der Waals surface area contributed by atoms with Crippen LogP contribution in [0, 0.1) is 27.9 Å². The second-order valence-electron chi connectivity index (χ2n) is 7.22. The summed E-state index contributed by atoms with van der Waals surface area (Å²) in [7, 11) is 0. The molecule has 0 aliphatic rings. The van der Waals surface area contributed by atoms with E-state index in [0.29, 0.717) is 41.3 Å². The van der Waals surface area contributed by atoms with Gasteiger partial charge in [-0.3, -0.25) is 24.5 Å². The van der Waals surface area contributed by atoms with E-state index in [1.54, 1.807) is 26.8 Å². The number of halogens is 1. The molecule has 0 saturated heterocycles. The van der Waals surface area contributed by atoms with Crippen LogP contribution in [0.3, 0.4) is 0 Å². The molecule has 3 unspecified atom stereocenters. The van der Waals surface area contributed by atoms with Gasteiger partial charge in [-0.1, -0.05) is 43.6 Å². The normalized spacial score (nSPS) is 14.2. The van der Waals surface area contributed by atoms with Crippen LogP contribution < -0.4 is 0 Å². The van der Waals surface area contributed by atoms with Crippen LogP contribution in [0.25, 0.3) is 0 Å². The summed E-state index contributed by atoms with van der Waals surface area (Å²) < 4.78 is 0.469. The van der Waals surface area contributed by atoms with E-state index < -0.39 is 16.8 Å². The monoisotopic (exact) mass is 453 g/mol. The fraction of sp³-hybridized carbons (Fsp3) is 0.571. The second kappa shape index (κ2) is 10.6. The SMILES string of the molecule is CCC(=O)CCC(C(C)=O)C(C)C(C)C(=O)c1cc(Br)cc([N+](=O)[O-])c1CC. The van der Waals surface area contributed by atoms with E-state index in [1.807, 2.05) is 6.92 Å². The van der Waals surface area contributed by atoms with E-state index in [4.69, 9.17) is 0 Å². The van der Waals surface area contributed by atoms with E-state index >= 15 is 0 Å². The van der Waals surface area contributed by atoms with Crippen LogP contribution in [0.1, 0.15) is 69.8 Å². The Kier molecular flexibility index (Phi) is 9.14. The highest BCUT2D eigenvalue weighted by atomic mass is 79.9. The van der Waals surface area contributed by atoms with Gasteiger partial charge in [-0.2, -0.15) is 0 Å². The van der Waals surface area contributed by atoms with Gasteiger partial charge in [0.1, 0.15) is 11.6 Å². The van der Waals surface area contributed by atoms with Gasteiger partial charge in [0.05, 0.1) is 4.92 Å². The standard InChI is InChI=1S/C21H28BrNO5/c1-6-16(25)8-9-18(14(5)24)12(3)13(4)21(26)19-10-15(22)11-20(23(27)28)17(19)7-2/h10-13,18H,6-9H2,1-5H3. The number of carbonyl (C=O) groups excluding carboxylic acids is 3. The Morgan fingerprint density at radius 2 is 1.79 bits per heavy atom. The zero-order chi connectivity index (χ0) is 21.6. The number of carbonyl (C=O) groups is 3. The van der Waals surface area contributed by atoms with Gasteiger partial charge in [-0.25, -0.2) is 0 Å². The Balaban J connectivity index is 3.21. The summed E-state index contributed by atoms with van der Waals surface area (Å²) in [6.45, 7) is 8.62. The van der Waals surface area contributed by atoms with Gasteiger partial charge in [0, 0.05) is 46.3 Å². The van der Waals surface area contributed by atoms with Crippen molar-refractivity contribution in [1.29, 1.82) is 0 Å². The van der Waals surface area contributed by atoms with E-state index in [2.05, 4.69) is 15.9 Å². The first kappa shape index (κ1) is 24.1. The molecule has 0 heterocycles. The first-order chi connectivity index (χ1) is 13.0. The van der Waals surface area contributed by atoms with Gasteiger partial charge in [0.15, 0.2) is 5.78 Å². The summed E-state index contributed by atoms with van der Waals surface area (Å²) in [4.78, 5) is 47.9.